The molecular weight excluding hydrogens is 323 g/mol. The first kappa shape index (κ1) is 16.8. The van der Waals surface area contributed by atoms with Crippen LogP contribution in [0, 0.1) is 5.82 Å². The Morgan fingerprint density at radius 1 is 1.12 bits per heavy atom. The summed E-state index contributed by atoms with van der Waals surface area (Å²) in [6.07, 6.45) is 10.7. The third kappa shape index (κ3) is 4.06. The van der Waals surface area contributed by atoms with Gasteiger partial charge in [-0.3, -0.25) is 4.98 Å². The predicted molar refractivity (Wildman–Crippen MR) is 97.4 cm³/mol. The van der Waals surface area contributed by atoms with Crippen LogP contribution in [-0.2, 0) is 5.41 Å². The lowest BCUT2D eigenvalue weighted by molar-refractivity contribution is 0.292. The Labute approximate surface area is 146 Å². The van der Waals surface area contributed by atoms with E-state index in [-0.39, 0.29) is 11.2 Å². The highest BCUT2D eigenvalue weighted by Crippen LogP contribution is 2.39. The third-order valence-electron chi connectivity index (χ3n) is 4.66. The van der Waals surface area contributed by atoms with E-state index < -0.39 is 0 Å². The van der Waals surface area contributed by atoms with Crippen LogP contribution in [0.3, 0.4) is 0 Å². The van der Waals surface area contributed by atoms with E-state index in [1.165, 1.54) is 24.8 Å². The topological polar surface area (TPSA) is 49.8 Å². The van der Waals surface area contributed by atoms with Crippen molar-refractivity contribution in [2.24, 2.45) is 0 Å². The quantitative estimate of drug-likeness (QED) is 0.826. The Hall–Kier alpha value is -2.08. The fraction of sp³-hybridized carbons (Fsp3) is 0.389. The lowest BCUT2D eigenvalue weighted by Gasteiger charge is -2.38. The van der Waals surface area contributed by atoms with E-state index in [4.69, 9.17) is 12.2 Å². The Morgan fingerprint density at radius 3 is 2.54 bits per heavy atom. The number of halogens is 1. The summed E-state index contributed by atoms with van der Waals surface area (Å²) in [5.41, 5.74) is 1.18. The fourth-order valence-electron chi connectivity index (χ4n) is 3.37. The maximum absolute atomic E-state index is 13.3. The zero-order valence-electron chi connectivity index (χ0n) is 13.5. The van der Waals surface area contributed by atoms with Gasteiger partial charge in [-0.1, -0.05) is 31.4 Å². The Balaban J connectivity index is 1.68. The molecule has 1 aromatic heterocycles. The average molecular weight is 344 g/mol. The van der Waals surface area contributed by atoms with Crippen molar-refractivity contribution in [2.45, 2.75) is 37.5 Å². The molecule has 1 aliphatic rings. The fourth-order valence-corrected chi connectivity index (χ4v) is 3.55. The number of thiocarbonyl (C=S) groups is 1. The molecule has 2 aromatic rings. The van der Waals surface area contributed by atoms with Gasteiger partial charge in [0.05, 0.1) is 6.20 Å². The zero-order valence-corrected chi connectivity index (χ0v) is 14.3. The van der Waals surface area contributed by atoms with Crippen molar-refractivity contribution < 1.29 is 4.39 Å². The summed E-state index contributed by atoms with van der Waals surface area (Å²) in [7, 11) is 0. The lowest BCUT2D eigenvalue weighted by Crippen LogP contribution is -2.43. The smallest absolute Gasteiger partial charge is 0.172 e. The van der Waals surface area contributed by atoms with Gasteiger partial charge in [0.1, 0.15) is 5.82 Å². The Morgan fingerprint density at radius 2 is 1.88 bits per heavy atom. The normalized spacial score (nSPS) is 16.4. The highest BCUT2D eigenvalue weighted by Gasteiger charge is 2.33. The van der Waals surface area contributed by atoms with Gasteiger partial charge in [0.15, 0.2) is 10.9 Å². The summed E-state index contributed by atoms with van der Waals surface area (Å²) in [6.45, 7) is 0.727. The van der Waals surface area contributed by atoms with Crippen molar-refractivity contribution in [3.63, 3.8) is 0 Å². The van der Waals surface area contributed by atoms with Crippen molar-refractivity contribution in [1.82, 2.24) is 15.3 Å². The molecule has 2 N–H and O–H groups in total. The molecule has 0 bridgehead atoms. The van der Waals surface area contributed by atoms with Crippen molar-refractivity contribution in [3.8, 4) is 0 Å². The molecule has 1 saturated carbocycles. The molecule has 0 radical (unpaired) electrons. The molecule has 3 rings (SSSR count). The molecule has 24 heavy (non-hydrogen) atoms. The van der Waals surface area contributed by atoms with Gasteiger partial charge in [-0.25, -0.2) is 9.37 Å². The van der Waals surface area contributed by atoms with Crippen molar-refractivity contribution in [3.05, 3.63) is 54.2 Å². The van der Waals surface area contributed by atoms with E-state index in [9.17, 15) is 4.39 Å². The van der Waals surface area contributed by atoms with Crippen LogP contribution in [0.5, 0.6) is 0 Å². The second-order valence-electron chi connectivity index (χ2n) is 6.25. The minimum absolute atomic E-state index is 0.0000560. The number of hydrogen-bond donors (Lipinski definition) is 2. The average Bonchev–Trinajstić information content (AvgIpc) is 2.62. The van der Waals surface area contributed by atoms with Crippen LogP contribution in [-0.4, -0.2) is 21.6 Å². The number of hydrogen-bond acceptors (Lipinski definition) is 3. The third-order valence-corrected chi connectivity index (χ3v) is 4.91. The van der Waals surface area contributed by atoms with E-state index in [1.54, 1.807) is 30.7 Å². The van der Waals surface area contributed by atoms with Crippen LogP contribution >= 0.6 is 12.2 Å². The standard InChI is InChI=1S/C18H21FN4S/c19-15-6-4-14(5-7-15)18(8-2-1-3-9-18)13-22-17(24)23-16-12-20-10-11-21-16/h4-7,10-12H,1-3,8-9,13H2,(H2,21,22,23,24). The van der Waals surface area contributed by atoms with Gasteiger partial charge in [0, 0.05) is 24.4 Å². The van der Waals surface area contributed by atoms with E-state index in [1.807, 2.05) is 12.1 Å². The predicted octanol–water partition coefficient (Wildman–Crippen LogP) is 3.80. The molecule has 0 atom stereocenters. The molecule has 0 aliphatic heterocycles. The lowest BCUT2D eigenvalue weighted by atomic mass is 9.69. The van der Waals surface area contributed by atoms with Gasteiger partial charge in [0.25, 0.3) is 0 Å². The second-order valence-corrected chi connectivity index (χ2v) is 6.65. The highest BCUT2D eigenvalue weighted by molar-refractivity contribution is 7.80. The summed E-state index contributed by atoms with van der Waals surface area (Å²) in [5, 5.41) is 6.89. The first-order valence-electron chi connectivity index (χ1n) is 8.25. The number of rotatable bonds is 4. The number of benzene rings is 1. The van der Waals surface area contributed by atoms with Crippen LogP contribution in [0.25, 0.3) is 0 Å². The molecule has 126 valence electrons. The van der Waals surface area contributed by atoms with Crippen LogP contribution < -0.4 is 10.6 Å². The number of nitrogens with zero attached hydrogens (tertiary/aromatic N) is 2. The number of anilines is 1. The van der Waals surface area contributed by atoms with Gasteiger partial charge in [-0.2, -0.15) is 0 Å². The SMILES string of the molecule is Fc1ccc(C2(CNC(=S)Nc3cnccn3)CCCCC2)cc1. The van der Waals surface area contributed by atoms with Crippen LogP contribution in [0.2, 0.25) is 0 Å². The van der Waals surface area contributed by atoms with Crippen molar-refractivity contribution in [2.75, 3.05) is 11.9 Å². The molecule has 1 fully saturated rings. The summed E-state index contributed by atoms with van der Waals surface area (Å²) >= 11 is 5.37. The summed E-state index contributed by atoms with van der Waals surface area (Å²) in [5.74, 6) is 0.423. The van der Waals surface area contributed by atoms with Gasteiger partial charge >= 0.3 is 0 Å². The van der Waals surface area contributed by atoms with Crippen molar-refractivity contribution in [1.29, 1.82) is 0 Å². The Bertz CT molecular complexity index is 669. The molecule has 0 saturated heterocycles. The van der Waals surface area contributed by atoms with Crippen LogP contribution in [0.1, 0.15) is 37.7 Å². The zero-order chi connectivity index (χ0) is 16.8. The molecule has 6 heteroatoms. The minimum Gasteiger partial charge on any atom is -0.362 e. The first-order valence-corrected chi connectivity index (χ1v) is 8.66. The maximum Gasteiger partial charge on any atom is 0.172 e. The van der Waals surface area contributed by atoms with Gasteiger partial charge in [-0.15, -0.1) is 0 Å². The maximum atomic E-state index is 13.3. The van der Waals surface area contributed by atoms with Gasteiger partial charge < -0.3 is 10.6 Å². The van der Waals surface area contributed by atoms with Gasteiger partial charge in [-0.05, 0) is 42.8 Å². The molecular formula is C18H21FN4S. The summed E-state index contributed by atoms with van der Waals surface area (Å²) in [6, 6.07) is 6.90. The Kier molecular flexibility index (Phi) is 5.35. The monoisotopic (exact) mass is 344 g/mol. The van der Waals surface area contributed by atoms with Gasteiger partial charge in [0.2, 0.25) is 0 Å². The van der Waals surface area contributed by atoms with E-state index in [2.05, 4.69) is 20.6 Å². The van der Waals surface area contributed by atoms with Crippen molar-refractivity contribution >= 4 is 23.1 Å². The van der Waals surface area contributed by atoms with E-state index >= 15 is 0 Å². The molecule has 0 amide bonds. The summed E-state index contributed by atoms with van der Waals surface area (Å²) in [4.78, 5) is 8.17. The molecule has 0 spiro atoms. The first-order chi connectivity index (χ1) is 11.7. The molecule has 1 heterocycles. The van der Waals surface area contributed by atoms with E-state index in [0.717, 1.165) is 19.4 Å². The summed E-state index contributed by atoms with van der Waals surface area (Å²) < 4.78 is 13.3. The number of aromatic nitrogens is 2. The molecule has 1 aromatic carbocycles. The van der Waals surface area contributed by atoms with E-state index in [0.29, 0.717) is 10.9 Å². The largest absolute Gasteiger partial charge is 0.362 e. The number of nitrogens with one attached hydrogen (secondary N) is 2. The van der Waals surface area contributed by atoms with Crippen LogP contribution in [0.4, 0.5) is 10.2 Å². The molecule has 1 aliphatic carbocycles. The molecule has 4 nitrogen and oxygen atoms in total. The molecule has 0 unspecified atom stereocenters. The van der Waals surface area contributed by atoms with Crippen LogP contribution in [0.15, 0.2) is 42.9 Å². The minimum atomic E-state index is -0.197. The second kappa shape index (κ2) is 7.66. The highest BCUT2D eigenvalue weighted by atomic mass is 32.1.